The normalized spacial score (nSPS) is 35.0. The van der Waals surface area contributed by atoms with Crippen molar-refractivity contribution in [1.82, 2.24) is 0 Å². The number of hydrogen-bond acceptors (Lipinski definition) is 4. The second-order valence-electron chi connectivity index (χ2n) is 5.95. The van der Waals surface area contributed by atoms with Crippen molar-refractivity contribution >= 4 is 0 Å². The van der Waals surface area contributed by atoms with Gasteiger partial charge in [-0.3, -0.25) is 0 Å². The first kappa shape index (κ1) is 15.0. The number of hydrogen-bond donors (Lipinski definition) is 1. The quantitative estimate of drug-likeness (QED) is 0.616. The maximum atomic E-state index is 10.2. The van der Waals surface area contributed by atoms with Crippen molar-refractivity contribution in [3.8, 4) is 0 Å². The van der Waals surface area contributed by atoms with Crippen molar-refractivity contribution in [2.45, 2.75) is 56.7 Å². The maximum Gasteiger partial charge on any atom is 0.115 e. The molecule has 0 aliphatic carbocycles. The van der Waals surface area contributed by atoms with Gasteiger partial charge in [0, 0.05) is 6.61 Å². The standard InChI is InChI=1S/C17H24O4/c1-12-16(15(18)17(21-12)14-11-20-14)19-10-6-5-9-13-7-3-2-4-8-13/h2-4,7-8,12,14-18H,5-6,9-11H2,1H3/t12?,14-,15-,16+,17-/m1/s1. The molecule has 1 N–H and O–H groups in total. The van der Waals surface area contributed by atoms with Gasteiger partial charge in [-0.1, -0.05) is 30.3 Å². The van der Waals surface area contributed by atoms with Crippen LogP contribution in [0.15, 0.2) is 30.3 Å². The van der Waals surface area contributed by atoms with Crippen LogP contribution in [-0.2, 0) is 20.6 Å². The molecule has 0 aromatic heterocycles. The Balaban J connectivity index is 1.35. The van der Waals surface area contributed by atoms with Crippen LogP contribution in [0.4, 0.5) is 0 Å². The van der Waals surface area contributed by atoms with Gasteiger partial charge in [0.25, 0.3) is 0 Å². The molecule has 1 aromatic carbocycles. The van der Waals surface area contributed by atoms with E-state index in [1.807, 2.05) is 13.0 Å². The summed E-state index contributed by atoms with van der Waals surface area (Å²) in [4.78, 5) is 0. The molecular formula is C17H24O4. The smallest absolute Gasteiger partial charge is 0.115 e. The monoisotopic (exact) mass is 292 g/mol. The fourth-order valence-corrected chi connectivity index (χ4v) is 2.95. The Labute approximate surface area is 126 Å². The molecule has 116 valence electrons. The van der Waals surface area contributed by atoms with E-state index >= 15 is 0 Å². The zero-order valence-corrected chi connectivity index (χ0v) is 12.5. The van der Waals surface area contributed by atoms with Crippen molar-refractivity contribution in [3.63, 3.8) is 0 Å². The molecule has 2 saturated heterocycles. The van der Waals surface area contributed by atoms with Crippen LogP contribution in [0.5, 0.6) is 0 Å². The third-order valence-electron chi connectivity index (χ3n) is 4.25. The van der Waals surface area contributed by atoms with Crippen molar-refractivity contribution < 1.29 is 19.3 Å². The number of epoxide rings is 1. The number of aryl methyl sites for hydroxylation is 1. The van der Waals surface area contributed by atoms with Crippen LogP contribution in [0.25, 0.3) is 0 Å². The summed E-state index contributed by atoms with van der Waals surface area (Å²) in [6, 6.07) is 10.5. The minimum atomic E-state index is -0.568. The average molecular weight is 292 g/mol. The Hall–Kier alpha value is -0.940. The van der Waals surface area contributed by atoms with E-state index in [1.165, 1.54) is 5.56 Å². The van der Waals surface area contributed by atoms with E-state index in [1.54, 1.807) is 0 Å². The third kappa shape index (κ3) is 3.83. The Kier molecular flexibility index (Phi) is 4.91. The number of aliphatic hydroxyl groups is 1. The lowest BCUT2D eigenvalue weighted by Gasteiger charge is -2.18. The highest BCUT2D eigenvalue weighted by Crippen LogP contribution is 2.31. The van der Waals surface area contributed by atoms with E-state index in [0.29, 0.717) is 13.2 Å². The van der Waals surface area contributed by atoms with Crippen LogP contribution in [-0.4, -0.2) is 48.8 Å². The highest BCUT2D eigenvalue weighted by molar-refractivity contribution is 5.14. The fraction of sp³-hybridized carbons (Fsp3) is 0.647. The van der Waals surface area contributed by atoms with Crippen LogP contribution in [0.3, 0.4) is 0 Å². The molecule has 2 aliphatic heterocycles. The van der Waals surface area contributed by atoms with Crippen molar-refractivity contribution in [2.24, 2.45) is 0 Å². The molecule has 2 fully saturated rings. The van der Waals surface area contributed by atoms with Crippen LogP contribution < -0.4 is 0 Å². The van der Waals surface area contributed by atoms with Gasteiger partial charge >= 0.3 is 0 Å². The van der Waals surface area contributed by atoms with Gasteiger partial charge < -0.3 is 19.3 Å². The summed E-state index contributed by atoms with van der Waals surface area (Å²) in [5, 5.41) is 10.2. The molecule has 0 saturated carbocycles. The summed E-state index contributed by atoms with van der Waals surface area (Å²) in [7, 11) is 0. The molecule has 4 heteroatoms. The van der Waals surface area contributed by atoms with Gasteiger partial charge in [-0.25, -0.2) is 0 Å². The molecule has 0 amide bonds. The Morgan fingerprint density at radius 1 is 1.24 bits per heavy atom. The third-order valence-corrected chi connectivity index (χ3v) is 4.25. The summed E-state index contributed by atoms with van der Waals surface area (Å²) in [5.74, 6) is 0. The van der Waals surface area contributed by atoms with Gasteiger partial charge in [0.05, 0.1) is 12.7 Å². The molecule has 1 aromatic rings. The molecule has 0 radical (unpaired) electrons. The predicted octanol–water partition coefficient (Wildman–Crippen LogP) is 1.94. The lowest BCUT2D eigenvalue weighted by molar-refractivity contribution is -0.0333. The minimum absolute atomic E-state index is 0.0640. The molecule has 1 unspecified atom stereocenters. The van der Waals surface area contributed by atoms with Crippen molar-refractivity contribution in [1.29, 1.82) is 0 Å². The largest absolute Gasteiger partial charge is 0.387 e. The second kappa shape index (κ2) is 6.88. The first-order valence-corrected chi connectivity index (χ1v) is 7.86. The molecule has 2 heterocycles. The number of unbranched alkanes of at least 4 members (excludes halogenated alkanes) is 1. The van der Waals surface area contributed by atoms with Crippen molar-refractivity contribution in [2.75, 3.05) is 13.2 Å². The Morgan fingerprint density at radius 2 is 2.00 bits per heavy atom. The molecule has 5 atom stereocenters. The summed E-state index contributed by atoms with van der Waals surface area (Å²) >= 11 is 0. The molecule has 2 aliphatic rings. The van der Waals surface area contributed by atoms with E-state index in [2.05, 4.69) is 24.3 Å². The molecule has 21 heavy (non-hydrogen) atoms. The lowest BCUT2D eigenvalue weighted by atomic mass is 10.1. The SMILES string of the molecule is CC1O[C@H]([C@H]2CO2)[C@H](O)[C@H]1OCCCCc1ccccc1. The average Bonchev–Trinajstić information content (AvgIpc) is 3.29. The summed E-state index contributed by atoms with van der Waals surface area (Å²) in [5.41, 5.74) is 1.36. The van der Waals surface area contributed by atoms with Gasteiger partial charge in [0.1, 0.15) is 24.4 Å². The topological polar surface area (TPSA) is 51.2 Å². The minimum Gasteiger partial charge on any atom is -0.387 e. The predicted molar refractivity (Wildman–Crippen MR) is 79.2 cm³/mol. The van der Waals surface area contributed by atoms with Gasteiger partial charge in [0.2, 0.25) is 0 Å². The summed E-state index contributed by atoms with van der Waals surface area (Å²) < 4.78 is 16.8. The van der Waals surface area contributed by atoms with E-state index in [4.69, 9.17) is 14.2 Å². The molecule has 0 spiro atoms. The zero-order valence-electron chi connectivity index (χ0n) is 12.5. The lowest BCUT2D eigenvalue weighted by Crippen LogP contribution is -2.36. The van der Waals surface area contributed by atoms with Gasteiger partial charge in [0.15, 0.2) is 0 Å². The van der Waals surface area contributed by atoms with Crippen LogP contribution >= 0.6 is 0 Å². The van der Waals surface area contributed by atoms with Crippen LogP contribution in [0.2, 0.25) is 0 Å². The Morgan fingerprint density at radius 3 is 2.71 bits per heavy atom. The van der Waals surface area contributed by atoms with Gasteiger partial charge in [-0.15, -0.1) is 0 Å². The highest BCUT2D eigenvalue weighted by atomic mass is 16.6. The fourth-order valence-electron chi connectivity index (χ4n) is 2.95. The molecule has 3 rings (SSSR count). The number of benzene rings is 1. The first-order chi connectivity index (χ1) is 10.3. The van der Waals surface area contributed by atoms with Gasteiger partial charge in [-0.05, 0) is 31.7 Å². The van der Waals surface area contributed by atoms with Crippen LogP contribution in [0.1, 0.15) is 25.3 Å². The second-order valence-corrected chi connectivity index (χ2v) is 5.95. The van der Waals surface area contributed by atoms with E-state index < -0.39 is 6.10 Å². The van der Waals surface area contributed by atoms with E-state index in [0.717, 1.165) is 19.3 Å². The van der Waals surface area contributed by atoms with Crippen LogP contribution in [0, 0.1) is 0 Å². The van der Waals surface area contributed by atoms with Gasteiger partial charge in [-0.2, -0.15) is 0 Å². The van der Waals surface area contributed by atoms with E-state index in [9.17, 15) is 5.11 Å². The number of rotatable bonds is 7. The Bertz CT molecular complexity index is 432. The molecular weight excluding hydrogens is 268 g/mol. The van der Waals surface area contributed by atoms with E-state index in [-0.39, 0.29) is 24.4 Å². The van der Waals surface area contributed by atoms with Crippen molar-refractivity contribution in [3.05, 3.63) is 35.9 Å². The summed E-state index contributed by atoms with van der Waals surface area (Å²) in [6.07, 6.45) is 2.15. The maximum absolute atomic E-state index is 10.2. The first-order valence-electron chi connectivity index (χ1n) is 7.86. The molecule has 0 bridgehead atoms. The molecule has 4 nitrogen and oxygen atoms in total. The summed E-state index contributed by atoms with van der Waals surface area (Å²) in [6.45, 7) is 3.32. The number of ether oxygens (including phenoxy) is 3. The zero-order chi connectivity index (χ0) is 14.7. The number of aliphatic hydroxyl groups excluding tert-OH is 1. The highest BCUT2D eigenvalue weighted by Gasteiger charge is 2.49.